The van der Waals surface area contributed by atoms with E-state index in [1.54, 1.807) is 7.11 Å². The Hall–Kier alpha value is -1.55. The molecule has 1 amide bonds. The Labute approximate surface area is 124 Å². The molecule has 1 heterocycles. The fourth-order valence-electron chi connectivity index (χ4n) is 3.56. The lowest BCUT2D eigenvalue weighted by molar-refractivity contribution is -0.142. The monoisotopic (exact) mass is 287 g/mol. The maximum Gasteiger partial charge on any atom is 0.252 e. The van der Waals surface area contributed by atoms with Gasteiger partial charge < -0.3 is 14.7 Å². The molecule has 112 valence electrons. The molecule has 1 aromatic carbocycles. The second-order valence-electron chi connectivity index (χ2n) is 6.78. The summed E-state index contributed by atoms with van der Waals surface area (Å²) >= 11 is 0. The highest BCUT2D eigenvalue weighted by Gasteiger charge is 2.51. The van der Waals surface area contributed by atoms with Gasteiger partial charge in [0, 0.05) is 18.5 Å². The van der Waals surface area contributed by atoms with Crippen LogP contribution in [0.25, 0.3) is 0 Å². The van der Waals surface area contributed by atoms with E-state index in [2.05, 4.69) is 12.1 Å². The minimum Gasteiger partial charge on any atom is -0.497 e. The van der Waals surface area contributed by atoms with Crippen molar-refractivity contribution in [2.24, 2.45) is 5.92 Å². The van der Waals surface area contributed by atoms with Crippen molar-refractivity contribution in [2.45, 2.75) is 43.7 Å². The molecule has 1 spiro atoms. The van der Waals surface area contributed by atoms with Gasteiger partial charge in [-0.05, 0) is 54.9 Å². The van der Waals surface area contributed by atoms with Crippen LogP contribution in [0.5, 0.6) is 5.75 Å². The number of hydrogen-bond donors (Lipinski definition) is 1. The number of carbonyl (C=O) groups is 1. The number of aliphatic hydroxyl groups excluding tert-OH is 1. The van der Waals surface area contributed by atoms with Crippen LogP contribution < -0.4 is 4.74 Å². The van der Waals surface area contributed by atoms with Gasteiger partial charge in [-0.1, -0.05) is 6.07 Å². The quantitative estimate of drug-likeness (QED) is 0.923. The molecule has 2 saturated carbocycles. The predicted molar refractivity (Wildman–Crippen MR) is 78.1 cm³/mol. The Balaban J connectivity index is 1.62. The molecule has 0 aromatic heterocycles. The van der Waals surface area contributed by atoms with Gasteiger partial charge in [0.1, 0.15) is 11.9 Å². The molecule has 21 heavy (non-hydrogen) atoms. The molecular weight excluding hydrogens is 266 g/mol. The summed E-state index contributed by atoms with van der Waals surface area (Å²) < 4.78 is 5.33. The third-order valence-corrected chi connectivity index (χ3v) is 5.23. The normalized spacial score (nSPS) is 23.6. The fourth-order valence-corrected chi connectivity index (χ4v) is 3.56. The summed E-state index contributed by atoms with van der Waals surface area (Å²) in [5, 5.41) is 10.1. The van der Waals surface area contributed by atoms with Crippen LogP contribution in [0.3, 0.4) is 0 Å². The Morgan fingerprint density at radius 3 is 2.81 bits per heavy atom. The molecule has 0 radical (unpaired) electrons. The lowest BCUT2D eigenvalue weighted by atomic mass is 9.86. The molecule has 2 aliphatic carbocycles. The minimum atomic E-state index is -0.791. The van der Waals surface area contributed by atoms with Crippen LogP contribution in [0.1, 0.15) is 36.8 Å². The number of ether oxygens (including phenoxy) is 1. The average Bonchev–Trinajstić information content (AvgIpc) is 3.40. The maximum absolute atomic E-state index is 12.5. The number of nitrogens with zero attached hydrogens (tertiary/aromatic N) is 1. The number of aliphatic hydroxyl groups is 1. The Morgan fingerprint density at radius 1 is 1.43 bits per heavy atom. The molecule has 0 bridgehead atoms. The Morgan fingerprint density at radius 2 is 2.19 bits per heavy atom. The van der Waals surface area contributed by atoms with Crippen molar-refractivity contribution in [3.8, 4) is 5.75 Å². The van der Waals surface area contributed by atoms with Crippen LogP contribution in [0.4, 0.5) is 0 Å². The lowest BCUT2D eigenvalue weighted by Crippen LogP contribution is -2.46. The number of amides is 1. The number of fused-ring (bicyclic) bond motifs is 2. The zero-order valence-corrected chi connectivity index (χ0v) is 12.3. The van der Waals surface area contributed by atoms with E-state index in [0.717, 1.165) is 38.0 Å². The second-order valence-corrected chi connectivity index (χ2v) is 6.78. The van der Waals surface area contributed by atoms with Gasteiger partial charge >= 0.3 is 0 Å². The van der Waals surface area contributed by atoms with Gasteiger partial charge in [-0.3, -0.25) is 4.79 Å². The summed E-state index contributed by atoms with van der Waals surface area (Å²) in [5.41, 5.74) is 2.66. The molecule has 4 rings (SSSR count). The summed E-state index contributed by atoms with van der Waals surface area (Å²) in [7, 11) is 1.69. The Bertz CT molecular complexity index is 590. The highest BCUT2D eigenvalue weighted by molar-refractivity contribution is 5.82. The van der Waals surface area contributed by atoms with Crippen molar-refractivity contribution in [3.63, 3.8) is 0 Å². The van der Waals surface area contributed by atoms with Crippen LogP contribution in [0.15, 0.2) is 18.2 Å². The average molecular weight is 287 g/mol. The molecular formula is C17H21NO3. The third-order valence-electron chi connectivity index (χ3n) is 5.23. The van der Waals surface area contributed by atoms with E-state index in [9.17, 15) is 9.90 Å². The maximum atomic E-state index is 12.5. The summed E-state index contributed by atoms with van der Waals surface area (Å²) in [6, 6.07) is 6.15. The molecule has 4 heteroatoms. The fraction of sp³-hybridized carbons (Fsp3) is 0.588. The molecule has 4 nitrogen and oxygen atoms in total. The smallest absolute Gasteiger partial charge is 0.252 e. The first-order valence-electron chi connectivity index (χ1n) is 7.77. The highest BCUT2D eigenvalue weighted by Crippen LogP contribution is 2.53. The SMILES string of the molecule is COc1ccc2c(c1)C1(CC1)CN(C(=O)C(O)C1CC1)C2. The van der Waals surface area contributed by atoms with Gasteiger partial charge in [-0.15, -0.1) is 0 Å². The topological polar surface area (TPSA) is 49.8 Å². The zero-order chi connectivity index (χ0) is 14.6. The van der Waals surface area contributed by atoms with E-state index in [1.165, 1.54) is 11.1 Å². The van der Waals surface area contributed by atoms with E-state index >= 15 is 0 Å². The molecule has 1 aromatic rings. The number of rotatable bonds is 3. The number of benzene rings is 1. The first-order valence-corrected chi connectivity index (χ1v) is 7.77. The standard InChI is InChI=1S/C17H21NO3/c1-21-13-5-4-12-9-18(16(20)15(19)11-2-3-11)10-17(6-7-17)14(12)8-13/h4-5,8,11,15,19H,2-3,6-7,9-10H2,1H3. The van der Waals surface area contributed by atoms with Crippen molar-refractivity contribution in [1.29, 1.82) is 0 Å². The zero-order valence-electron chi connectivity index (χ0n) is 12.3. The van der Waals surface area contributed by atoms with Gasteiger partial charge in [0.2, 0.25) is 0 Å². The van der Waals surface area contributed by atoms with E-state index in [-0.39, 0.29) is 17.2 Å². The van der Waals surface area contributed by atoms with Crippen LogP contribution >= 0.6 is 0 Å². The number of hydrogen-bond acceptors (Lipinski definition) is 3. The minimum absolute atomic E-state index is 0.0785. The van der Waals surface area contributed by atoms with E-state index in [0.29, 0.717) is 6.54 Å². The van der Waals surface area contributed by atoms with Crippen LogP contribution in [-0.2, 0) is 16.8 Å². The predicted octanol–water partition coefficient (Wildman–Crippen LogP) is 1.84. The Kier molecular flexibility index (Phi) is 2.80. The lowest BCUT2D eigenvalue weighted by Gasteiger charge is -2.36. The van der Waals surface area contributed by atoms with Gasteiger partial charge in [0.25, 0.3) is 5.91 Å². The van der Waals surface area contributed by atoms with Gasteiger partial charge in [-0.2, -0.15) is 0 Å². The van der Waals surface area contributed by atoms with E-state index < -0.39 is 6.10 Å². The molecule has 1 N–H and O–H groups in total. The van der Waals surface area contributed by atoms with Gasteiger partial charge in [-0.25, -0.2) is 0 Å². The first kappa shape index (κ1) is 13.1. The van der Waals surface area contributed by atoms with Crippen molar-refractivity contribution in [2.75, 3.05) is 13.7 Å². The van der Waals surface area contributed by atoms with Crippen LogP contribution in [0.2, 0.25) is 0 Å². The van der Waals surface area contributed by atoms with Gasteiger partial charge in [0.05, 0.1) is 7.11 Å². The molecule has 1 aliphatic heterocycles. The third kappa shape index (κ3) is 2.13. The molecule has 0 saturated heterocycles. The van der Waals surface area contributed by atoms with E-state index in [1.807, 2.05) is 11.0 Å². The van der Waals surface area contributed by atoms with Crippen molar-refractivity contribution in [3.05, 3.63) is 29.3 Å². The summed E-state index contributed by atoms with van der Waals surface area (Å²) in [6.45, 7) is 1.36. The largest absolute Gasteiger partial charge is 0.497 e. The van der Waals surface area contributed by atoms with Gasteiger partial charge in [0.15, 0.2) is 0 Å². The van der Waals surface area contributed by atoms with Crippen LogP contribution in [0, 0.1) is 5.92 Å². The number of carbonyl (C=O) groups excluding carboxylic acids is 1. The summed E-state index contributed by atoms with van der Waals surface area (Å²) in [6.07, 6.45) is 3.42. The van der Waals surface area contributed by atoms with E-state index in [4.69, 9.17) is 4.74 Å². The first-order chi connectivity index (χ1) is 10.1. The second kappa shape index (κ2) is 4.47. The number of methoxy groups -OCH3 is 1. The molecule has 1 unspecified atom stereocenters. The summed E-state index contributed by atoms with van der Waals surface area (Å²) in [5.74, 6) is 1.01. The molecule has 2 fully saturated rings. The highest BCUT2D eigenvalue weighted by atomic mass is 16.5. The van der Waals surface area contributed by atoms with Crippen molar-refractivity contribution < 1.29 is 14.6 Å². The van der Waals surface area contributed by atoms with Crippen molar-refractivity contribution in [1.82, 2.24) is 4.90 Å². The summed E-state index contributed by atoms with van der Waals surface area (Å²) in [4.78, 5) is 14.3. The van der Waals surface area contributed by atoms with Crippen molar-refractivity contribution >= 4 is 5.91 Å². The van der Waals surface area contributed by atoms with Crippen LogP contribution in [-0.4, -0.2) is 35.7 Å². The molecule has 1 atom stereocenters. The molecule has 3 aliphatic rings.